The molecule has 2 aliphatic rings. The Morgan fingerprint density at radius 2 is 1.75 bits per heavy atom. The largest absolute Gasteiger partial charge is 0.338 e. The first-order chi connectivity index (χ1) is 15.3. The van der Waals surface area contributed by atoms with Crippen LogP contribution in [0.5, 0.6) is 0 Å². The first-order valence-electron chi connectivity index (χ1n) is 10.1. The van der Waals surface area contributed by atoms with Crippen LogP contribution < -0.4 is 5.32 Å². The van der Waals surface area contributed by atoms with Gasteiger partial charge < -0.3 is 15.1 Å². The lowest BCUT2D eigenvalue weighted by molar-refractivity contribution is -0.139. The Hall–Kier alpha value is -3.71. The Balaban J connectivity index is 1.38. The van der Waals surface area contributed by atoms with E-state index in [-0.39, 0.29) is 18.4 Å². The van der Waals surface area contributed by atoms with Gasteiger partial charge >= 0.3 is 6.03 Å². The molecule has 0 unspecified atom stereocenters. The Morgan fingerprint density at radius 1 is 1.09 bits per heavy atom. The third kappa shape index (κ3) is 3.83. The topological polar surface area (TPSA) is 114 Å². The highest BCUT2D eigenvalue weighted by Crippen LogP contribution is 2.29. The Morgan fingerprint density at radius 3 is 2.34 bits per heavy atom. The fraction of sp³-hybridized carbons (Fsp3) is 0.318. The summed E-state index contributed by atoms with van der Waals surface area (Å²) in [6, 6.07) is 11.3. The van der Waals surface area contributed by atoms with Gasteiger partial charge in [0.2, 0.25) is 5.91 Å². The highest BCUT2D eigenvalue weighted by Gasteiger charge is 2.49. The van der Waals surface area contributed by atoms with Gasteiger partial charge in [-0.25, -0.2) is 4.79 Å². The number of urea groups is 1. The lowest BCUT2D eigenvalue weighted by Gasteiger charge is -2.35. The van der Waals surface area contributed by atoms with Crippen LogP contribution in [-0.2, 0) is 15.1 Å². The van der Waals surface area contributed by atoms with Crippen LogP contribution in [0.2, 0.25) is 0 Å². The molecule has 2 saturated heterocycles. The summed E-state index contributed by atoms with van der Waals surface area (Å²) in [6.07, 6.45) is 0. The molecule has 1 N–H and O–H groups in total. The first-order valence-corrected chi connectivity index (χ1v) is 11.0. The summed E-state index contributed by atoms with van der Waals surface area (Å²) >= 11 is 1.38. The van der Waals surface area contributed by atoms with Gasteiger partial charge in [-0.15, -0.1) is 11.3 Å². The van der Waals surface area contributed by atoms with Crippen LogP contribution in [0.3, 0.4) is 0 Å². The molecule has 0 aliphatic carbocycles. The minimum absolute atomic E-state index is 0.0561. The number of benzene rings is 1. The number of carbonyl (C=O) groups excluding carboxylic acids is 4. The van der Waals surface area contributed by atoms with Crippen LogP contribution in [0.1, 0.15) is 27.7 Å². The number of nitriles is 1. The second-order valence-electron chi connectivity index (χ2n) is 7.79. The van der Waals surface area contributed by atoms with E-state index in [1.165, 1.54) is 11.3 Å². The molecule has 10 heteroatoms. The third-order valence-corrected chi connectivity index (χ3v) is 6.67. The maximum atomic E-state index is 13.0. The molecule has 9 nitrogen and oxygen atoms in total. The molecule has 5 amide bonds. The van der Waals surface area contributed by atoms with Crippen molar-refractivity contribution in [3.05, 3.63) is 57.8 Å². The molecule has 32 heavy (non-hydrogen) atoms. The summed E-state index contributed by atoms with van der Waals surface area (Å²) in [7, 11) is 0. The van der Waals surface area contributed by atoms with Gasteiger partial charge in [0.15, 0.2) is 0 Å². The van der Waals surface area contributed by atoms with Gasteiger partial charge in [-0.3, -0.25) is 19.3 Å². The zero-order chi connectivity index (χ0) is 22.9. The van der Waals surface area contributed by atoms with Crippen LogP contribution >= 0.6 is 11.3 Å². The van der Waals surface area contributed by atoms with Crippen LogP contribution in [-0.4, -0.2) is 71.2 Å². The van der Waals surface area contributed by atoms with Gasteiger partial charge in [-0.05, 0) is 36.1 Å². The lowest BCUT2D eigenvalue weighted by Crippen LogP contribution is -2.53. The molecule has 1 aromatic heterocycles. The van der Waals surface area contributed by atoms with Gasteiger partial charge in [0.05, 0.1) is 16.5 Å². The number of piperazine rings is 1. The second kappa shape index (κ2) is 8.43. The van der Waals surface area contributed by atoms with Crippen molar-refractivity contribution in [1.29, 1.82) is 5.26 Å². The van der Waals surface area contributed by atoms with Crippen LogP contribution in [0, 0.1) is 11.3 Å². The van der Waals surface area contributed by atoms with Crippen molar-refractivity contribution in [3.63, 3.8) is 0 Å². The van der Waals surface area contributed by atoms with Crippen molar-refractivity contribution in [2.24, 2.45) is 0 Å². The van der Waals surface area contributed by atoms with Crippen LogP contribution in [0.25, 0.3) is 0 Å². The highest BCUT2D eigenvalue weighted by molar-refractivity contribution is 7.12. The zero-order valence-corrected chi connectivity index (χ0v) is 18.2. The summed E-state index contributed by atoms with van der Waals surface area (Å²) in [4.78, 5) is 55.6. The molecule has 0 saturated carbocycles. The van der Waals surface area contributed by atoms with Crippen molar-refractivity contribution >= 4 is 35.1 Å². The van der Waals surface area contributed by atoms with Gasteiger partial charge in [0, 0.05) is 26.2 Å². The van der Waals surface area contributed by atoms with E-state index in [1.807, 2.05) is 17.5 Å². The minimum atomic E-state index is -1.31. The third-order valence-electron chi connectivity index (χ3n) is 5.81. The number of amides is 5. The maximum Gasteiger partial charge on any atom is 0.325 e. The zero-order valence-electron chi connectivity index (χ0n) is 17.4. The normalized spacial score (nSPS) is 20.8. The Kier molecular flexibility index (Phi) is 5.67. The van der Waals surface area contributed by atoms with Gasteiger partial charge in [0.1, 0.15) is 12.1 Å². The molecular weight excluding hydrogens is 430 g/mol. The lowest BCUT2D eigenvalue weighted by atomic mass is 9.91. The quantitative estimate of drug-likeness (QED) is 0.706. The van der Waals surface area contributed by atoms with Gasteiger partial charge in [-0.1, -0.05) is 18.2 Å². The van der Waals surface area contributed by atoms with Crippen molar-refractivity contribution < 1.29 is 19.2 Å². The van der Waals surface area contributed by atoms with E-state index in [9.17, 15) is 19.2 Å². The van der Waals surface area contributed by atoms with Crippen LogP contribution in [0.4, 0.5) is 4.79 Å². The predicted molar refractivity (Wildman–Crippen MR) is 116 cm³/mol. The van der Waals surface area contributed by atoms with Crippen molar-refractivity contribution in [3.8, 4) is 6.07 Å². The molecule has 0 spiro atoms. The number of carbonyl (C=O) groups is 4. The van der Waals surface area contributed by atoms with E-state index in [2.05, 4.69) is 5.32 Å². The molecule has 2 fully saturated rings. The molecule has 3 heterocycles. The van der Waals surface area contributed by atoms with E-state index in [0.717, 1.165) is 4.90 Å². The van der Waals surface area contributed by atoms with E-state index in [0.29, 0.717) is 42.2 Å². The summed E-state index contributed by atoms with van der Waals surface area (Å²) in [5.74, 6) is -0.924. The number of thiophene rings is 1. The molecule has 0 radical (unpaired) electrons. The first kappa shape index (κ1) is 21.5. The van der Waals surface area contributed by atoms with E-state index in [4.69, 9.17) is 5.26 Å². The second-order valence-corrected chi connectivity index (χ2v) is 8.73. The fourth-order valence-electron chi connectivity index (χ4n) is 3.86. The molecular formula is C22H21N5O4S. The van der Waals surface area contributed by atoms with Gasteiger partial charge in [0.25, 0.3) is 11.8 Å². The van der Waals surface area contributed by atoms with E-state index < -0.39 is 17.5 Å². The number of hydrogen-bond acceptors (Lipinski definition) is 6. The van der Waals surface area contributed by atoms with Crippen molar-refractivity contribution in [2.45, 2.75) is 12.5 Å². The molecule has 0 bridgehead atoms. The highest BCUT2D eigenvalue weighted by atomic mass is 32.1. The fourth-order valence-corrected chi connectivity index (χ4v) is 4.56. The minimum Gasteiger partial charge on any atom is -0.338 e. The number of imide groups is 1. The molecule has 2 aliphatic heterocycles. The van der Waals surface area contributed by atoms with Crippen molar-refractivity contribution in [1.82, 2.24) is 20.0 Å². The number of hydrogen-bond donors (Lipinski definition) is 1. The van der Waals surface area contributed by atoms with Crippen LogP contribution in [0.15, 0.2) is 41.8 Å². The molecule has 164 valence electrons. The average Bonchev–Trinajstić information content (AvgIpc) is 3.42. The average molecular weight is 452 g/mol. The predicted octanol–water partition coefficient (Wildman–Crippen LogP) is 1.37. The number of rotatable bonds is 4. The standard InChI is InChI=1S/C22H21N5O4S/c1-22(16-6-4-15(13-23)5-7-16)20(30)27(21(31)24-22)14-18(28)25-8-10-26(11-9-25)19(29)17-3-2-12-32-17/h2-7,12H,8-11,14H2,1H3,(H,24,31)/t22-/m0/s1. The van der Waals surface area contributed by atoms with Crippen molar-refractivity contribution in [2.75, 3.05) is 32.7 Å². The Bertz CT molecular complexity index is 1100. The summed E-state index contributed by atoms with van der Waals surface area (Å²) in [6.45, 7) is 2.68. The SMILES string of the molecule is C[C@@]1(c2ccc(C#N)cc2)NC(=O)N(CC(=O)N2CCN(C(=O)c3cccs3)CC2)C1=O. The maximum absolute atomic E-state index is 13.0. The van der Waals surface area contributed by atoms with Gasteiger partial charge in [-0.2, -0.15) is 5.26 Å². The monoisotopic (exact) mass is 451 g/mol. The molecule has 1 aromatic carbocycles. The summed E-state index contributed by atoms with van der Waals surface area (Å²) in [5.41, 5.74) is -0.333. The molecule has 4 rings (SSSR count). The summed E-state index contributed by atoms with van der Waals surface area (Å²) in [5, 5.41) is 13.5. The summed E-state index contributed by atoms with van der Waals surface area (Å²) < 4.78 is 0. The number of nitrogens with zero attached hydrogens (tertiary/aromatic N) is 4. The molecule has 2 aromatic rings. The van der Waals surface area contributed by atoms with E-state index in [1.54, 1.807) is 47.1 Å². The smallest absolute Gasteiger partial charge is 0.325 e. The van der Waals surface area contributed by atoms with E-state index >= 15 is 0 Å². The number of nitrogens with one attached hydrogen (secondary N) is 1. The molecule has 1 atom stereocenters. The Labute approximate surface area is 188 Å².